The Morgan fingerprint density at radius 1 is 1.10 bits per heavy atom. The van der Waals surface area contributed by atoms with Gasteiger partial charge in [0.05, 0.1) is 17.6 Å². The summed E-state index contributed by atoms with van der Waals surface area (Å²) < 4.78 is 48.6. The summed E-state index contributed by atoms with van der Waals surface area (Å²) in [5, 5.41) is 0. The van der Waals surface area contributed by atoms with Gasteiger partial charge in [-0.3, -0.25) is 0 Å². The van der Waals surface area contributed by atoms with Crippen LogP contribution in [-0.2, 0) is 14.6 Å². The molecule has 0 bridgehead atoms. The van der Waals surface area contributed by atoms with Crippen molar-refractivity contribution in [3.8, 4) is 16.9 Å². The fourth-order valence-corrected chi connectivity index (χ4v) is 4.09. The first kappa shape index (κ1) is 23.1. The number of nitrogens with zero attached hydrogens (tertiary/aromatic N) is 1. The van der Waals surface area contributed by atoms with E-state index in [0.29, 0.717) is 25.3 Å². The summed E-state index contributed by atoms with van der Waals surface area (Å²) in [4.78, 5) is 13.9. The molecule has 168 valence electrons. The van der Waals surface area contributed by atoms with Crippen molar-refractivity contribution in [3.63, 3.8) is 0 Å². The lowest BCUT2D eigenvalue weighted by Crippen LogP contribution is -2.40. The average Bonchev–Trinajstić information content (AvgIpc) is 2.72. The minimum Gasteiger partial charge on any atom is -0.490 e. The second-order valence-corrected chi connectivity index (χ2v) is 10.1. The lowest BCUT2D eigenvalue weighted by atomic mass is 9.98. The van der Waals surface area contributed by atoms with Gasteiger partial charge in [0.2, 0.25) is 0 Å². The van der Waals surface area contributed by atoms with Crippen molar-refractivity contribution in [1.82, 2.24) is 4.90 Å². The van der Waals surface area contributed by atoms with E-state index < -0.39 is 15.7 Å². The molecule has 31 heavy (non-hydrogen) atoms. The van der Waals surface area contributed by atoms with Gasteiger partial charge in [0.15, 0.2) is 21.4 Å². The quantitative estimate of drug-likeness (QED) is 0.648. The number of benzene rings is 2. The molecular weight excluding hydrogens is 421 g/mol. The Labute approximate surface area is 182 Å². The maximum Gasteiger partial charge on any atom is 0.410 e. The van der Waals surface area contributed by atoms with Gasteiger partial charge in [-0.25, -0.2) is 17.6 Å². The van der Waals surface area contributed by atoms with Crippen LogP contribution in [0, 0.1) is 11.7 Å². The predicted octanol–water partition coefficient (Wildman–Crippen LogP) is 4.53. The molecule has 0 atom stereocenters. The summed E-state index contributed by atoms with van der Waals surface area (Å²) in [7, 11) is -3.27. The first-order valence-corrected chi connectivity index (χ1v) is 12.2. The number of hydrogen-bond acceptors (Lipinski definition) is 5. The molecule has 0 aromatic heterocycles. The molecule has 8 heteroatoms. The topological polar surface area (TPSA) is 72.9 Å². The molecule has 0 spiro atoms. The highest BCUT2D eigenvalue weighted by Gasteiger charge is 2.25. The summed E-state index contributed by atoms with van der Waals surface area (Å²) in [5.41, 5.74) is 1.36. The Morgan fingerprint density at radius 2 is 1.71 bits per heavy atom. The van der Waals surface area contributed by atoms with E-state index in [9.17, 15) is 17.6 Å². The molecule has 0 unspecified atom stereocenters. The van der Waals surface area contributed by atoms with E-state index in [0.717, 1.165) is 24.7 Å². The van der Waals surface area contributed by atoms with Crippen LogP contribution in [0.15, 0.2) is 47.4 Å². The zero-order chi connectivity index (χ0) is 22.6. The number of halogens is 1. The molecule has 0 radical (unpaired) electrons. The molecule has 1 fully saturated rings. The smallest absolute Gasteiger partial charge is 0.410 e. The van der Waals surface area contributed by atoms with Crippen molar-refractivity contribution in [3.05, 3.63) is 48.3 Å². The molecule has 0 N–H and O–H groups in total. The van der Waals surface area contributed by atoms with Gasteiger partial charge in [-0.2, -0.15) is 0 Å². The molecule has 2 aromatic carbocycles. The van der Waals surface area contributed by atoms with Gasteiger partial charge in [-0.1, -0.05) is 18.2 Å². The highest BCUT2D eigenvalue weighted by atomic mass is 32.2. The number of rotatable bonds is 6. The molecule has 1 aliphatic rings. The first-order chi connectivity index (χ1) is 14.6. The third kappa shape index (κ3) is 6.19. The van der Waals surface area contributed by atoms with Crippen LogP contribution in [0.3, 0.4) is 0 Å². The van der Waals surface area contributed by atoms with Gasteiger partial charge in [-0.05, 0) is 68.0 Å². The second kappa shape index (κ2) is 9.68. The molecule has 3 rings (SSSR count). The summed E-state index contributed by atoms with van der Waals surface area (Å²) >= 11 is 0. The van der Waals surface area contributed by atoms with Crippen molar-refractivity contribution in [2.75, 3.05) is 26.0 Å². The van der Waals surface area contributed by atoms with Crippen molar-refractivity contribution in [2.45, 2.75) is 37.7 Å². The van der Waals surface area contributed by atoms with Crippen LogP contribution in [0.2, 0.25) is 0 Å². The molecule has 1 heterocycles. The highest BCUT2D eigenvalue weighted by Crippen LogP contribution is 2.28. The van der Waals surface area contributed by atoms with Gasteiger partial charge >= 0.3 is 6.09 Å². The third-order valence-electron chi connectivity index (χ3n) is 5.23. The number of carbonyl (C=O) groups is 1. The second-order valence-electron chi connectivity index (χ2n) is 8.12. The lowest BCUT2D eigenvalue weighted by molar-refractivity contribution is 0.0606. The fraction of sp³-hybridized carbons (Fsp3) is 0.435. The van der Waals surface area contributed by atoms with Gasteiger partial charge in [0.1, 0.15) is 0 Å². The van der Waals surface area contributed by atoms with E-state index in [-0.39, 0.29) is 28.8 Å². The SMILES string of the molecule is CC(C)OC(=O)N1CCC(COc2ccc(-c3ccc(S(C)(=O)=O)cc3)cc2F)CC1. The Balaban J connectivity index is 1.55. The number of likely N-dealkylation sites (tertiary alicyclic amines) is 1. The molecule has 1 saturated heterocycles. The zero-order valence-electron chi connectivity index (χ0n) is 18.0. The van der Waals surface area contributed by atoms with Crippen molar-refractivity contribution < 1.29 is 27.1 Å². The van der Waals surface area contributed by atoms with E-state index in [1.165, 1.54) is 18.2 Å². The van der Waals surface area contributed by atoms with Gasteiger partial charge < -0.3 is 14.4 Å². The van der Waals surface area contributed by atoms with E-state index in [1.54, 1.807) is 29.2 Å². The summed E-state index contributed by atoms with van der Waals surface area (Å²) in [6.45, 7) is 5.23. The number of carbonyl (C=O) groups excluding carboxylic acids is 1. The monoisotopic (exact) mass is 449 g/mol. The van der Waals surface area contributed by atoms with Crippen LogP contribution in [-0.4, -0.2) is 51.5 Å². The number of hydrogen-bond donors (Lipinski definition) is 0. The molecule has 1 amide bonds. The van der Waals surface area contributed by atoms with Crippen molar-refractivity contribution >= 4 is 15.9 Å². The maximum atomic E-state index is 14.6. The van der Waals surface area contributed by atoms with Crippen LogP contribution in [0.4, 0.5) is 9.18 Å². The van der Waals surface area contributed by atoms with Crippen LogP contribution in [0.1, 0.15) is 26.7 Å². The molecule has 0 aliphatic carbocycles. The number of amides is 1. The minimum absolute atomic E-state index is 0.142. The number of sulfone groups is 1. The average molecular weight is 450 g/mol. The molecular formula is C23H28FNO5S. The van der Waals surface area contributed by atoms with Crippen LogP contribution < -0.4 is 4.74 Å². The van der Waals surface area contributed by atoms with E-state index in [2.05, 4.69) is 0 Å². The van der Waals surface area contributed by atoms with E-state index in [1.807, 2.05) is 13.8 Å². The fourth-order valence-electron chi connectivity index (χ4n) is 3.46. The van der Waals surface area contributed by atoms with Gasteiger partial charge in [0.25, 0.3) is 0 Å². The number of piperidine rings is 1. The lowest BCUT2D eigenvalue weighted by Gasteiger charge is -2.31. The molecule has 6 nitrogen and oxygen atoms in total. The standard InChI is InChI=1S/C23H28FNO5S/c1-16(2)30-23(26)25-12-10-17(11-13-25)15-29-22-9-6-19(14-21(22)24)18-4-7-20(8-5-18)31(3,27)28/h4-9,14,16-17H,10-13,15H2,1-3H3. The van der Waals surface area contributed by atoms with Crippen LogP contribution in [0.5, 0.6) is 5.75 Å². The van der Waals surface area contributed by atoms with Crippen molar-refractivity contribution in [2.24, 2.45) is 5.92 Å². The Bertz CT molecular complexity index is 1010. The third-order valence-corrected chi connectivity index (χ3v) is 6.36. The zero-order valence-corrected chi connectivity index (χ0v) is 18.8. The maximum absolute atomic E-state index is 14.6. The highest BCUT2D eigenvalue weighted by molar-refractivity contribution is 7.90. The summed E-state index contributed by atoms with van der Waals surface area (Å²) in [6.07, 6.45) is 2.27. The van der Waals surface area contributed by atoms with Crippen LogP contribution >= 0.6 is 0 Å². The Morgan fingerprint density at radius 3 is 2.26 bits per heavy atom. The Hall–Kier alpha value is -2.61. The number of ether oxygens (including phenoxy) is 2. The summed E-state index contributed by atoms with van der Waals surface area (Å²) in [5.74, 6) is -0.0495. The molecule has 2 aromatic rings. The largest absolute Gasteiger partial charge is 0.490 e. The predicted molar refractivity (Wildman–Crippen MR) is 116 cm³/mol. The van der Waals surface area contributed by atoms with Crippen molar-refractivity contribution in [1.29, 1.82) is 0 Å². The minimum atomic E-state index is -3.27. The normalized spacial score (nSPS) is 15.2. The Kier molecular flexibility index (Phi) is 7.20. The van der Waals surface area contributed by atoms with Gasteiger partial charge in [-0.15, -0.1) is 0 Å². The van der Waals surface area contributed by atoms with Crippen LogP contribution in [0.25, 0.3) is 11.1 Å². The first-order valence-electron chi connectivity index (χ1n) is 10.3. The molecule has 0 saturated carbocycles. The summed E-state index contributed by atoms with van der Waals surface area (Å²) in [6, 6.07) is 11.1. The van der Waals surface area contributed by atoms with E-state index in [4.69, 9.17) is 9.47 Å². The molecule has 1 aliphatic heterocycles. The van der Waals surface area contributed by atoms with Gasteiger partial charge in [0, 0.05) is 19.3 Å². The van der Waals surface area contributed by atoms with E-state index >= 15 is 0 Å².